The molecule has 0 aliphatic rings. The number of nitrogens with zero attached hydrogens (tertiary/aromatic N) is 1. The van der Waals surface area contributed by atoms with Crippen LogP contribution in [-0.2, 0) is 6.54 Å². The number of rotatable bonds is 3. The first-order valence-corrected chi connectivity index (χ1v) is 5.05. The molecule has 1 aromatic rings. The Morgan fingerprint density at radius 1 is 1.56 bits per heavy atom. The molecule has 0 saturated heterocycles. The summed E-state index contributed by atoms with van der Waals surface area (Å²) in [6, 6.07) is 1.33. The zero-order valence-corrected chi connectivity index (χ0v) is 9.87. The van der Waals surface area contributed by atoms with Crippen LogP contribution in [0.2, 0.25) is 0 Å². The van der Waals surface area contributed by atoms with Crippen molar-refractivity contribution in [1.82, 2.24) is 4.98 Å². The predicted molar refractivity (Wildman–Crippen MR) is 56.9 cm³/mol. The third kappa shape index (κ3) is 3.30. The van der Waals surface area contributed by atoms with Gasteiger partial charge in [0.05, 0.1) is 0 Å². The Balaban J connectivity index is 3.25. The van der Waals surface area contributed by atoms with E-state index in [-0.39, 0.29) is 21.4 Å². The minimum Gasteiger partial charge on any atom is -0.387 e. The van der Waals surface area contributed by atoms with Crippen molar-refractivity contribution in [2.45, 2.75) is 12.9 Å². The number of pyridine rings is 1. The fourth-order valence-electron chi connectivity index (χ4n) is 1.04. The van der Waals surface area contributed by atoms with Crippen LogP contribution in [-0.4, -0.2) is 17.6 Å². The van der Waals surface area contributed by atoms with Crippen molar-refractivity contribution in [1.29, 1.82) is 0 Å². The topological polar surface area (TPSA) is 65.2 Å². The van der Waals surface area contributed by atoms with E-state index in [1.807, 2.05) is 0 Å². The standard InChI is InChI=1S/C8H6F3IN2O2/c9-8(10,11)16-7-5(2-13)4(3-15)1-6(12)14-7/h1,3H,2,13H2. The van der Waals surface area contributed by atoms with E-state index in [1.54, 1.807) is 22.6 Å². The van der Waals surface area contributed by atoms with Gasteiger partial charge >= 0.3 is 6.36 Å². The van der Waals surface area contributed by atoms with Crippen LogP contribution in [0.5, 0.6) is 5.88 Å². The normalized spacial score (nSPS) is 11.3. The van der Waals surface area contributed by atoms with E-state index in [0.717, 1.165) is 0 Å². The third-order valence-electron chi connectivity index (χ3n) is 1.63. The maximum atomic E-state index is 12.0. The Hall–Kier alpha value is -0.900. The van der Waals surface area contributed by atoms with Crippen LogP contribution >= 0.6 is 22.6 Å². The first kappa shape index (κ1) is 13.2. The smallest absolute Gasteiger partial charge is 0.387 e. The molecule has 0 bridgehead atoms. The van der Waals surface area contributed by atoms with Gasteiger partial charge in [0.15, 0.2) is 6.29 Å². The van der Waals surface area contributed by atoms with Gasteiger partial charge in [0.25, 0.3) is 0 Å². The molecule has 1 heterocycles. The Labute approximate surface area is 102 Å². The molecule has 4 nitrogen and oxygen atoms in total. The van der Waals surface area contributed by atoms with Crippen molar-refractivity contribution < 1.29 is 22.7 Å². The summed E-state index contributed by atoms with van der Waals surface area (Å²) in [5.74, 6) is -0.677. The number of carbonyl (C=O) groups is 1. The average Bonchev–Trinajstić information content (AvgIpc) is 2.14. The lowest BCUT2D eigenvalue weighted by molar-refractivity contribution is -0.276. The molecule has 0 aliphatic carbocycles. The number of carbonyl (C=O) groups excluding carboxylic acids is 1. The molecule has 0 atom stereocenters. The Morgan fingerprint density at radius 2 is 2.19 bits per heavy atom. The summed E-state index contributed by atoms with van der Waals surface area (Å²) in [5, 5.41) is 0. The second-order valence-corrected chi connectivity index (χ2v) is 3.79. The molecule has 16 heavy (non-hydrogen) atoms. The van der Waals surface area contributed by atoms with Gasteiger partial charge in [0, 0.05) is 17.7 Å². The summed E-state index contributed by atoms with van der Waals surface area (Å²) >= 11 is 1.68. The molecule has 0 fully saturated rings. The van der Waals surface area contributed by atoms with E-state index in [2.05, 4.69) is 9.72 Å². The molecule has 0 saturated carbocycles. The summed E-state index contributed by atoms with van der Waals surface area (Å²) in [7, 11) is 0. The Bertz CT molecular complexity index is 409. The summed E-state index contributed by atoms with van der Waals surface area (Å²) in [4.78, 5) is 14.2. The van der Waals surface area contributed by atoms with Gasteiger partial charge in [-0.05, 0) is 28.7 Å². The average molecular weight is 346 g/mol. The van der Waals surface area contributed by atoms with Crippen LogP contribution in [0.1, 0.15) is 15.9 Å². The molecule has 0 radical (unpaired) electrons. The molecule has 0 spiro atoms. The highest BCUT2D eigenvalue weighted by atomic mass is 127. The van der Waals surface area contributed by atoms with Gasteiger partial charge in [-0.1, -0.05) is 0 Å². The van der Waals surface area contributed by atoms with Gasteiger partial charge in [-0.3, -0.25) is 4.79 Å². The third-order valence-corrected chi connectivity index (χ3v) is 2.19. The minimum absolute atomic E-state index is 0.0427. The van der Waals surface area contributed by atoms with Crippen LogP contribution in [0.25, 0.3) is 0 Å². The number of ether oxygens (including phenoxy) is 1. The minimum atomic E-state index is -4.86. The molecule has 88 valence electrons. The number of aromatic nitrogens is 1. The highest BCUT2D eigenvalue weighted by Gasteiger charge is 2.33. The van der Waals surface area contributed by atoms with Gasteiger partial charge in [-0.25, -0.2) is 4.98 Å². The highest BCUT2D eigenvalue weighted by Crippen LogP contribution is 2.27. The van der Waals surface area contributed by atoms with E-state index >= 15 is 0 Å². The molecule has 0 aromatic carbocycles. The molecule has 0 unspecified atom stereocenters. The van der Waals surface area contributed by atoms with Crippen molar-refractivity contribution in [2.75, 3.05) is 0 Å². The fourth-order valence-corrected chi connectivity index (χ4v) is 1.59. The lowest BCUT2D eigenvalue weighted by atomic mass is 10.1. The highest BCUT2D eigenvalue weighted by molar-refractivity contribution is 14.1. The SMILES string of the molecule is NCc1c(C=O)cc(I)nc1OC(F)(F)F. The van der Waals surface area contributed by atoms with E-state index in [0.29, 0.717) is 6.29 Å². The van der Waals surface area contributed by atoms with Gasteiger partial charge in [0.1, 0.15) is 3.70 Å². The van der Waals surface area contributed by atoms with Crippen molar-refractivity contribution in [3.8, 4) is 5.88 Å². The zero-order valence-electron chi connectivity index (χ0n) is 7.71. The van der Waals surface area contributed by atoms with Gasteiger partial charge in [-0.2, -0.15) is 0 Å². The van der Waals surface area contributed by atoms with E-state index in [9.17, 15) is 18.0 Å². The van der Waals surface area contributed by atoms with Crippen LogP contribution in [0.4, 0.5) is 13.2 Å². The maximum absolute atomic E-state index is 12.0. The summed E-state index contributed by atoms with van der Waals surface area (Å²) in [6.07, 6.45) is -4.45. The summed E-state index contributed by atoms with van der Waals surface area (Å²) in [6.45, 7) is -0.261. The van der Waals surface area contributed by atoms with Gasteiger partial charge < -0.3 is 10.5 Å². The first-order valence-electron chi connectivity index (χ1n) is 3.97. The molecular weight excluding hydrogens is 340 g/mol. The lowest BCUT2D eigenvalue weighted by Gasteiger charge is -2.12. The molecule has 0 aliphatic heterocycles. The van der Waals surface area contributed by atoms with Crippen LogP contribution in [0, 0.1) is 3.70 Å². The summed E-state index contributed by atoms with van der Waals surface area (Å²) < 4.78 is 40.0. The largest absolute Gasteiger partial charge is 0.574 e. The van der Waals surface area contributed by atoms with Crippen molar-refractivity contribution in [2.24, 2.45) is 5.73 Å². The molecule has 2 N–H and O–H groups in total. The molecule has 1 rings (SSSR count). The molecule has 8 heteroatoms. The number of nitrogens with two attached hydrogens (primary N) is 1. The monoisotopic (exact) mass is 346 g/mol. The number of halogens is 4. The molecule has 0 amide bonds. The zero-order chi connectivity index (χ0) is 12.3. The second-order valence-electron chi connectivity index (χ2n) is 2.69. The fraction of sp³-hybridized carbons (Fsp3) is 0.250. The second kappa shape index (κ2) is 4.95. The van der Waals surface area contributed by atoms with E-state index < -0.39 is 12.2 Å². The quantitative estimate of drug-likeness (QED) is 0.516. The maximum Gasteiger partial charge on any atom is 0.574 e. The lowest BCUT2D eigenvalue weighted by Crippen LogP contribution is -2.20. The molecular formula is C8H6F3IN2O2. The molecule has 1 aromatic heterocycles. The van der Waals surface area contributed by atoms with E-state index in [4.69, 9.17) is 5.73 Å². The van der Waals surface area contributed by atoms with Gasteiger partial charge in [-0.15, -0.1) is 13.2 Å². The van der Waals surface area contributed by atoms with Crippen LogP contribution in [0.3, 0.4) is 0 Å². The Kier molecular flexibility index (Phi) is 4.08. The number of alkyl halides is 3. The number of hydrogen-bond donors (Lipinski definition) is 1. The van der Waals surface area contributed by atoms with Crippen LogP contribution < -0.4 is 10.5 Å². The van der Waals surface area contributed by atoms with E-state index in [1.165, 1.54) is 6.07 Å². The van der Waals surface area contributed by atoms with Gasteiger partial charge in [0.2, 0.25) is 5.88 Å². The van der Waals surface area contributed by atoms with Crippen molar-refractivity contribution >= 4 is 28.9 Å². The summed E-state index contributed by atoms with van der Waals surface area (Å²) in [5.41, 5.74) is 5.23. The van der Waals surface area contributed by atoms with Crippen molar-refractivity contribution in [3.05, 3.63) is 20.9 Å². The number of hydrogen-bond acceptors (Lipinski definition) is 4. The number of aldehydes is 1. The van der Waals surface area contributed by atoms with Crippen LogP contribution in [0.15, 0.2) is 6.07 Å². The predicted octanol–water partition coefficient (Wildman–Crippen LogP) is 1.86. The Morgan fingerprint density at radius 3 is 2.62 bits per heavy atom. The first-order chi connectivity index (χ1) is 7.37. The van der Waals surface area contributed by atoms with Crippen molar-refractivity contribution in [3.63, 3.8) is 0 Å².